The monoisotopic (exact) mass is 193 g/mol. The van der Waals surface area contributed by atoms with E-state index in [0.717, 1.165) is 0 Å². The number of carbonyl (C=O) groups excluding carboxylic acids is 1. The summed E-state index contributed by atoms with van der Waals surface area (Å²) in [4.78, 5) is 16.2. The molecule has 0 saturated heterocycles. The molecule has 1 unspecified atom stereocenters. The molecular weight excluding hydrogens is 178 g/mol. The smallest absolute Gasteiger partial charge is 0.189 e. The van der Waals surface area contributed by atoms with E-state index in [0.29, 0.717) is 4.65 Å². The fourth-order valence-corrected chi connectivity index (χ4v) is 0.692. The van der Waals surface area contributed by atoms with Crippen molar-refractivity contribution in [2.24, 2.45) is 0 Å². The van der Waals surface area contributed by atoms with Crippen LogP contribution in [-0.2, 0) is 9.63 Å². The first-order chi connectivity index (χ1) is 4.87. The van der Waals surface area contributed by atoms with Crippen molar-refractivity contribution >= 4 is 5.78 Å². The van der Waals surface area contributed by atoms with Gasteiger partial charge in [0.05, 0.1) is 21.1 Å². The number of hydroxylamine groups is 3. The molecule has 1 atom stereocenters. The van der Waals surface area contributed by atoms with Gasteiger partial charge in [-0.25, -0.2) is 0 Å². The molecule has 0 heterocycles. The first-order valence-corrected chi connectivity index (χ1v) is 3.53. The lowest BCUT2D eigenvalue weighted by Crippen LogP contribution is -3.00. The molecule has 0 aliphatic carbocycles. The van der Waals surface area contributed by atoms with E-state index in [1.165, 1.54) is 6.08 Å². The minimum Gasteiger partial charge on any atom is -1.00 e. The summed E-state index contributed by atoms with van der Waals surface area (Å²) in [6.07, 6.45) is 0.868. The third kappa shape index (κ3) is 6.34. The summed E-state index contributed by atoms with van der Waals surface area (Å²) in [6, 6.07) is 0. The molecule has 0 fully saturated rings. The average Bonchev–Trinajstić information content (AvgIpc) is 1.82. The lowest BCUT2D eigenvalue weighted by atomic mass is 10.3. The second-order valence-corrected chi connectivity index (χ2v) is 3.24. The molecule has 3 nitrogen and oxygen atoms in total. The van der Waals surface area contributed by atoms with Crippen molar-refractivity contribution in [3.8, 4) is 0 Å². The number of ketones is 1. The highest BCUT2D eigenvalue weighted by atomic mass is 35.5. The van der Waals surface area contributed by atoms with Crippen LogP contribution in [0.2, 0.25) is 0 Å². The van der Waals surface area contributed by atoms with Crippen molar-refractivity contribution in [3.63, 3.8) is 0 Å². The van der Waals surface area contributed by atoms with Crippen LogP contribution in [-0.4, -0.2) is 37.7 Å². The van der Waals surface area contributed by atoms with Crippen LogP contribution < -0.4 is 12.4 Å². The number of carbonyl (C=O) groups is 1. The van der Waals surface area contributed by atoms with Gasteiger partial charge in [-0.15, -0.1) is 0 Å². The van der Waals surface area contributed by atoms with Gasteiger partial charge in [-0.05, 0) is 13.0 Å². The topological polar surface area (TPSA) is 26.3 Å². The molecule has 0 aromatic carbocycles. The largest absolute Gasteiger partial charge is 1.00 e. The van der Waals surface area contributed by atoms with Crippen LogP contribution in [0.25, 0.3) is 0 Å². The van der Waals surface area contributed by atoms with Crippen LogP contribution in [0.4, 0.5) is 0 Å². The van der Waals surface area contributed by atoms with E-state index in [1.807, 2.05) is 21.1 Å². The van der Waals surface area contributed by atoms with Gasteiger partial charge in [0.2, 0.25) is 0 Å². The molecule has 0 amide bonds. The Labute approximate surface area is 80.0 Å². The molecule has 0 N–H and O–H groups in total. The van der Waals surface area contributed by atoms with Crippen molar-refractivity contribution in [1.82, 2.24) is 0 Å². The Kier molecular flexibility index (Phi) is 6.25. The Morgan fingerprint density at radius 2 is 1.92 bits per heavy atom. The Hall–Kier alpha value is -0.380. The summed E-state index contributed by atoms with van der Waals surface area (Å²) in [7, 11) is 5.56. The van der Waals surface area contributed by atoms with Crippen molar-refractivity contribution in [3.05, 3.63) is 12.7 Å². The van der Waals surface area contributed by atoms with E-state index in [-0.39, 0.29) is 18.2 Å². The summed E-state index contributed by atoms with van der Waals surface area (Å²) in [5, 5.41) is 0. The standard InChI is InChI=1S/C8H16NO2.ClH/c1-6-8(10)7(2)11-9(3,4)5;/h6-7H,1H2,2-5H3;1H/q+1;/p-1. The Morgan fingerprint density at radius 3 is 2.17 bits per heavy atom. The lowest BCUT2D eigenvalue weighted by Gasteiger charge is -2.23. The van der Waals surface area contributed by atoms with Gasteiger partial charge in [0.1, 0.15) is 0 Å². The van der Waals surface area contributed by atoms with E-state index in [1.54, 1.807) is 6.92 Å². The molecule has 0 rings (SSSR count). The van der Waals surface area contributed by atoms with E-state index in [2.05, 4.69) is 6.58 Å². The molecule has 12 heavy (non-hydrogen) atoms. The van der Waals surface area contributed by atoms with Crippen LogP contribution in [0, 0.1) is 0 Å². The van der Waals surface area contributed by atoms with Crippen molar-refractivity contribution < 1.29 is 26.7 Å². The molecule has 0 saturated carbocycles. The fourth-order valence-electron chi connectivity index (χ4n) is 0.692. The molecule has 0 bridgehead atoms. The predicted molar refractivity (Wildman–Crippen MR) is 43.8 cm³/mol. The summed E-state index contributed by atoms with van der Waals surface area (Å²) in [6.45, 7) is 5.09. The van der Waals surface area contributed by atoms with Crippen molar-refractivity contribution in [2.75, 3.05) is 21.1 Å². The molecular formula is C8H16ClNO2. The highest BCUT2D eigenvalue weighted by Gasteiger charge is 2.19. The van der Waals surface area contributed by atoms with Gasteiger partial charge in [0.25, 0.3) is 0 Å². The zero-order valence-corrected chi connectivity index (χ0v) is 8.76. The van der Waals surface area contributed by atoms with E-state index in [9.17, 15) is 4.79 Å². The zero-order valence-electron chi connectivity index (χ0n) is 8.00. The van der Waals surface area contributed by atoms with Gasteiger partial charge >= 0.3 is 0 Å². The summed E-state index contributed by atoms with van der Waals surface area (Å²) in [5.74, 6) is -0.0851. The molecule has 0 aromatic rings. The lowest BCUT2D eigenvalue weighted by molar-refractivity contribution is -1.06. The minimum absolute atomic E-state index is 0. The quantitative estimate of drug-likeness (QED) is 0.287. The van der Waals surface area contributed by atoms with Gasteiger partial charge in [-0.1, -0.05) is 6.58 Å². The maximum atomic E-state index is 10.9. The molecule has 0 spiro atoms. The predicted octanol–water partition coefficient (Wildman–Crippen LogP) is -2.23. The van der Waals surface area contributed by atoms with Gasteiger partial charge in [0, 0.05) is 0 Å². The summed E-state index contributed by atoms with van der Waals surface area (Å²) < 4.78 is 0.320. The Morgan fingerprint density at radius 1 is 1.50 bits per heavy atom. The highest BCUT2D eigenvalue weighted by Crippen LogP contribution is 2.01. The van der Waals surface area contributed by atoms with E-state index >= 15 is 0 Å². The summed E-state index contributed by atoms with van der Waals surface area (Å²) >= 11 is 0. The molecule has 0 radical (unpaired) electrons. The maximum absolute atomic E-state index is 10.9. The number of hydrogen-bond acceptors (Lipinski definition) is 2. The fraction of sp³-hybridized carbons (Fsp3) is 0.625. The van der Waals surface area contributed by atoms with Gasteiger partial charge in [-0.3, -0.25) is 4.79 Å². The van der Waals surface area contributed by atoms with Gasteiger partial charge < -0.3 is 12.4 Å². The highest BCUT2D eigenvalue weighted by molar-refractivity contribution is 5.92. The third-order valence-corrected chi connectivity index (χ3v) is 1.08. The molecule has 4 heteroatoms. The SMILES string of the molecule is C=CC(=O)C(C)O[N+](C)(C)C.[Cl-]. The maximum Gasteiger partial charge on any atom is 0.189 e. The first-order valence-electron chi connectivity index (χ1n) is 3.53. The third-order valence-electron chi connectivity index (χ3n) is 1.08. The number of hydrogen-bond donors (Lipinski definition) is 0. The Bertz CT molecular complexity index is 163. The number of nitrogens with zero attached hydrogens (tertiary/aromatic N) is 1. The van der Waals surface area contributed by atoms with Crippen LogP contribution >= 0.6 is 0 Å². The second kappa shape index (κ2) is 5.30. The van der Waals surface area contributed by atoms with Crippen LogP contribution in [0.15, 0.2) is 12.7 Å². The number of quaternary nitrogens is 1. The van der Waals surface area contributed by atoms with Crippen LogP contribution in [0.3, 0.4) is 0 Å². The minimum atomic E-state index is -0.410. The second-order valence-electron chi connectivity index (χ2n) is 3.24. The van der Waals surface area contributed by atoms with Crippen molar-refractivity contribution in [1.29, 1.82) is 0 Å². The number of halogens is 1. The van der Waals surface area contributed by atoms with E-state index < -0.39 is 6.10 Å². The molecule has 0 aliphatic heterocycles. The average molecular weight is 194 g/mol. The van der Waals surface area contributed by atoms with Crippen molar-refractivity contribution in [2.45, 2.75) is 13.0 Å². The van der Waals surface area contributed by atoms with Crippen LogP contribution in [0.5, 0.6) is 0 Å². The molecule has 0 aliphatic rings. The number of rotatable bonds is 4. The molecule has 72 valence electrons. The first kappa shape index (κ1) is 14.2. The van der Waals surface area contributed by atoms with Gasteiger partial charge in [0.15, 0.2) is 11.9 Å². The van der Waals surface area contributed by atoms with E-state index in [4.69, 9.17) is 4.84 Å². The summed E-state index contributed by atoms with van der Waals surface area (Å²) in [5.41, 5.74) is 0. The Balaban J connectivity index is 0. The van der Waals surface area contributed by atoms with Gasteiger partial charge in [-0.2, -0.15) is 9.48 Å². The zero-order chi connectivity index (χ0) is 9.07. The van der Waals surface area contributed by atoms with Crippen LogP contribution in [0.1, 0.15) is 6.92 Å². The molecule has 0 aromatic heterocycles. The normalized spacial score (nSPS) is 13.0.